The van der Waals surface area contributed by atoms with Crippen LogP contribution in [0.15, 0.2) is 0 Å². The van der Waals surface area contributed by atoms with E-state index in [0.717, 1.165) is 0 Å². The molecule has 2 saturated heterocycles. The highest BCUT2D eigenvalue weighted by atomic mass is 28.5. The molecule has 2 heterocycles. The number of hydrogen-bond donors (Lipinski definition) is 0. The molecule has 0 amide bonds. The summed E-state index contributed by atoms with van der Waals surface area (Å²) < 4.78 is 24.8. The molecule has 0 spiro atoms. The second kappa shape index (κ2) is 4.74. The molecule has 3 aliphatic rings. The predicted octanol–water partition coefficient (Wildman–Crippen LogP) is 3.48. The Hall–Kier alpha value is 0.491. The molecule has 0 radical (unpaired) electrons. The van der Waals surface area contributed by atoms with Gasteiger partial charge >= 0.3 is 25.7 Å². The van der Waals surface area contributed by atoms with Gasteiger partial charge in [-0.3, -0.25) is 0 Å². The van der Waals surface area contributed by atoms with Gasteiger partial charge in [0.25, 0.3) is 0 Å². The summed E-state index contributed by atoms with van der Waals surface area (Å²) in [6, 6.07) is 0. The molecule has 3 rings (SSSR count). The van der Waals surface area contributed by atoms with E-state index in [1.807, 2.05) is 0 Å². The zero-order chi connectivity index (χ0) is 14.8. The maximum Gasteiger partial charge on any atom is 0.320 e. The Labute approximate surface area is 125 Å². The normalized spacial score (nSPS) is 42.6. The fourth-order valence-electron chi connectivity index (χ4n) is 4.13. The molecule has 4 atom stereocenters. The number of hydrogen-bond acceptors (Lipinski definition) is 4. The van der Waals surface area contributed by atoms with Gasteiger partial charge in [0, 0.05) is 5.54 Å². The summed E-state index contributed by atoms with van der Waals surface area (Å²) in [6.45, 7) is 13.3. The summed E-state index contributed by atoms with van der Waals surface area (Å²) in [5.41, 5.74) is 0.523. The van der Waals surface area contributed by atoms with Crippen LogP contribution in [0.4, 0.5) is 0 Å². The number of ether oxygens (including phenoxy) is 1. The van der Waals surface area contributed by atoms with Gasteiger partial charge in [-0.15, -0.1) is 0 Å². The third-order valence-electron chi connectivity index (χ3n) is 4.97. The van der Waals surface area contributed by atoms with Crippen LogP contribution in [0.1, 0.15) is 26.2 Å². The van der Waals surface area contributed by atoms with Gasteiger partial charge in [0.05, 0.1) is 12.2 Å². The van der Waals surface area contributed by atoms with Crippen molar-refractivity contribution < 1.29 is 17.1 Å². The van der Waals surface area contributed by atoms with E-state index in [2.05, 4.69) is 39.7 Å². The highest BCUT2D eigenvalue weighted by Gasteiger charge is 2.58. The first kappa shape index (κ1) is 15.4. The molecule has 0 aromatic rings. The van der Waals surface area contributed by atoms with Crippen molar-refractivity contribution >= 4 is 25.7 Å². The average molecular weight is 333 g/mol. The molecule has 0 aromatic carbocycles. The van der Waals surface area contributed by atoms with Crippen LogP contribution in [0.25, 0.3) is 0 Å². The van der Waals surface area contributed by atoms with Gasteiger partial charge in [0.1, 0.15) is 0 Å². The van der Waals surface area contributed by atoms with Crippen LogP contribution in [0, 0.1) is 5.92 Å². The highest BCUT2D eigenvalue weighted by molar-refractivity contribution is 6.93. The molecule has 1 saturated carbocycles. The van der Waals surface area contributed by atoms with Crippen molar-refractivity contribution in [2.45, 2.75) is 76.7 Å². The van der Waals surface area contributed by atoms with Crippen LogP contribution < -0.4 is 0 Å². The second-order valence-electron chi connectivity index (χ2n) is 7.70. The van der Waals surface area contributed by atoms with Crippen LogP contribution in [0.2, 0.25) is 38.3 Å². The van der Waals surface area contributed by atoms with Crippen LogP contribution in [-0.2, 0) is 17.1 Å². The summed E-state index contributed by atoms with van der Waals surface area (Å²) in [6.07, 6.45) is 4.79. The Bertz CT molecular complexity index is 385. The van der Waals surface area contributed by atoms with Crippen molar-refractivity contribution in [3.05, 3.63) is 0 Å². The molecule has 20 heavy (non-hydrogen) atoms. The van der Waals surface area contributed by atoms with E-state index < -0.39 is 25.7 Å². The fourth-order valence-corrected chi connectivity index (χ4v) is 20.9. The van der Waals surface area contributed by atoms with E-state index >= 15 is 0 Å². The van der Waals surface area contributed by atoms with Crippen molar-refractivity contribution in [3.63, 3.8) is 0 Å². The first-order chi connectivity index (χ1) is 9.10. The van der Waals surface area contributed by atoms with Crippen molar-refractivity contribution in [1.29, 1.82) is 0 Å². The molecule has 1 aliphatic carbocycles. The Kier molecular flexibility index (Phi) is 3.65. The topological polar surface area (TPSA) is 40.2 Å². The Morgan fingerprint density at radius 3 is 2.00 bits per heavy atom. The van der Waals surface area contributed by atoms with E-state index in [0.29, 0.717) is 23.7 Å². The van der Waals surface area contributed by atoms with Crippen molar-refractivity contribution in [2.24, 2.45) is 5.92 Å². The summed E-state index contributed by atoms with van der Waals surface area (Å²) in [5, 5.41) is 0. The minimum absolute atomic E-state index is 0.523. The van der Waals surface area contributed by atoms with E-state index in [9.17, 15) is 0 Å². The summed E-state index contributed by atoms with van der Waals surface area (Å²) >= 11 is 0. The molecule has 0 N–H and O–H groups in total. The van der Waals surface area contributed by atoms with Crippen LogP contribution in [0.5, 0.6) is 0 Å². The lowest BCUT2D eigenvalue weighted by Gasteiger charge is -2.51. The Balaban J connectivity index is 1.75. The maximum atomic E-state index is 6.49. The molecule has 116 valence electrons. The zero-order valence-corrected chi connectivity index (χ0v) is 16.6. The summed E-state index contributed by atoms with van der Waals surface area (Å²) in [4.78, 5) is 0. The number of rotatable bonds is 2. The molecule has 2 aliphatic heterocycles. The molecule has 4 unspecified atom stereocenters. The first-order valence-corrected chi connectivity index (χ1v) is 15.9. The summed E-state index contributed by atoms with van der Waals surface area (Å²) in [5.74, 6) is 0.697. The van der Waals surface area contributed by atoms with Crippen LogP contribution in [0.3, 0.4) is 0 Å². The van der Waals surface area contributed by atoms with Gasteiger partial charge in [-0.05, 0) is 57.9 Å². The second-order valence-corrected chi connectivity index (χ2v) is 18.7. The largest absolute Gasteiger partial charge is 0.416 e. The van der Waals surface area contributed by atoms with Gasteiger partial charge in [-0.1, -0.05) is 6.92 Å². The van der Waals surface area contributed by atoms with E-state index in [1.165, 1.54) is 19.3 Å². The van der Waals surface area contributed by atoms with Gasteiger partial charge in [0.2, 0.25) is 0 Å². The Morgan fingerprint density at radius 1 is 0.850 bits per heavy atom. The smallest absolute Gasteiger partial charge is 0.320 e. The first-order valence-electron chi connectivity index (χ1n) is 7.86. The van der Waals surface area contributed by atoms with Crippen LogP contribution in [-0.4, -0.2) is 37.9 Å². The molecule has 3 fully saturated rings. The molecule has 7 heteroatoms. The SMILES string of the molecule is CC(C1CCC2OC2C1)[Si]1(C)O[Si](C)(C)O[Si](C)(C)O1. The van der Waals surface area contributed by atoms with Gasteiger partial charge in [0.15, 0.2) is 0 Å². The van der Waals surface area contributed by atoms with Gasteiger partial charge < -0.3 is 17.1 Å². The maximum absolute atomic E-state index is 6.49. The highest BCUT2D eigenvalue weighted by Crippen LogP contribution is 2.48. The van der Waals surface area contributed by atoms with Gasteiger partial charge in [-0.25, -0.2) is 0 Å². The molecule has 0 bridgehead atoms. The number of epoxide rings is 1. The van der Waals surface area contributed by atoms with Gasteiger partial charge in [-0.2, -0.15) is 0 Å². The van der Waals surface area contributed by atoms with E-state index in [4.69, 9.17) is 17.1 Å². The molecular weight excluding hydrogens is 304 g/mol. The monoisotopic (exact) mass is 332 g/mol. The summed E-state index contributed by atoms with van der Waals surface area (Å²) in [7, 11) is -6.22. The minimum atomic E-state index is -2.17. The third kappa shape index (κ3) is 2.99. The fraction of sp³-hybridized carbons (Fsp3) is 1.00. The minimum Gasteiger partial charge on any atom is -0.416 e. The number of fused-ring (bicyclic) bond motifs is 1. The lowest BCUT2D eigenvalue weighted by atomic mass is 9.87. The molecule has 4 nitrogen and oxygen atoms in total. The van der Waals surface area contributed by atoms with Crippen molar-refractivity contribution in [3.8, 4) is 0 Å². The predicted molar refractivity (Wildman–Crippen MR) is 85.3 cm³/mol. The molecule has 0 aromatic heterocycles. The van der Waals surface area contributed by atoms with E-state index in [1.54, 1.807) is 0 Å². The Morgan fingerprint density at radius 2 is 1.45 bits per heavy atom. The lowest BCUT2D eigenvalue weighted by molar-refractivity contribution is 0.208. The third-order valence-corrected chi connectivity index (χ3v) is 18.2. The van der Waals surface area contributed by atoms with Crippen LogP contribution >= 0.6 is 0 Å². The lowest BCUT2D eigenvalue weighted by Crippen LogP contribution is -2.67. The van der Waals surface area contributed by atoms with Crippen molar-refractivity contribution in [1.82, 2.24) is 0 Å². The van der Waals surface area contributed by atoms with Crippen molar-refractivity contribution in [2.75, 3.05) is 0 Å². The van der Waals surface area contributed by atoms with E-state index in [-0.39, 0.29) is 0 Å². The zero-order valence-electron chi connectivity index (χ0n) is 13.6. The quantitative estimate of drug-likeness (QED) is 0.573. The molecular formula is C13H28O4Si3. The average Bonchev–Trinajstić information content (AvgIpc) is 3.00. The standard InChI is InChI=1S/C13H28O4Si3/c1-10(11-7-8-12-13(9-11)14-12)20(6)16-18(2,3)15-19(4,5)17-20/h10-13H,7-9H2,1-6H3.